The Morgan fingerprint density at radius 2 is 2.38 bits per heavy atom. The zero-order valence-electron chi connectivity index (χ0n) is 10.0. The molecule has 2 atom stereocenters. The molecule has 3 heteroatoms. The van der Waals surface area contributed by atoms with Crippen LogP contribution in [0.3, 0.4) is 0 Å². The van der Waals surface area contributed by atoms with Gasteiger partial charge in [0.05, 0.1) is 0 Å². The van der Waals surface area contributed by atoms with Crippen LogP contribution in [-0.2, 0) is 6.54 Å². The first-order valence-corrected chi connectivity index (χ1v) is 6.20. The first-order chi connectivity index (χ1) is 7.81. The Bertz CT molecular complexity index is 343. The van der Waals surface area contributed by atoms with E-state index >= 15 is 0 Å². The first kappa shape index (κ1) is 11.2. The maximum absolute atomic E-state index is 4.37. The maximum atomic E-state index is 4.37. The van der Waals surface area contributed by atoms with Crippen LogP contribution in [0.15, 0.2) is 25.0 Å². The number of nitrogens with zero attached hydrogens (tertiary/aromatic N) is 2. The Morgan fingerprint density at radius 1 is 1.56 bits per heavy atom. The van der Waals surface area contributed by atoms with E-state index in [0.29, 0.717) is 6.04 Å². The zero-order chi connectivity index (χ0) is 11.4. The number of allylic oxidation sites excluding steroid dienone is 1. The molecule has 2 rings (SSSR count). The average Bonchev–Trinajstić information content (AvgIpc) is 2.70. The minimum atomic E-state index is 0.583. The lowest BCUT2D eigenvalue weighted by Gasteiger charge is -2.29. The molecule has 88 valence electrons. The molecule has 1 heterocycles. The van der Waals surface area contributed by atoms with E-state index in [9.17, 15) is 0 Å². The lowest BCUT2D eigenvalue weighted by Crippen LogP contribution is -2.31. The first-order valence-electron chi connectivity index (χ1n) is 6.20. The standard InChI is InChI=1S/C13H21N3/c1-3-9-16-10-8-14-13(16)15-12-7-5-4-6-11(12)2/h3,8,10-12H,1,4-7,9H2,2H3,(H,14,15). The number of nitrogens with one attached hydrogen (secondary N) is 1. The molecule has 0 saturated heterocycles. The lowest BCUT2D eigenvalue weighted by molar-refractivity contribution is 0.347. The Balaban J connectivity index is 2.01. The maximum Gasteiger partial charge on any atom is 0.203 e. The van der Waals surface area contributed by atoms with Gasteiger partial charge < -0.3 is 9.88 Å². The van der Waals surface area contributed by atoms with Gasteiger partial charge in [0.15, 0.2) is 0 Å². The third-order valence-electron chi connectivity index (χ3n) is 3.47. The number of anilines is 1. The molecule has 0 aromatic carbocycles. The molecule has 1 aromatic heterocycles. The second-order valence-electron chi connectivity index (χ2n) is 4.70. The fraction of sp³-hybridized carbons (Fsp3) is 0.615. The van der Waals surface area contributed by atoms with Gasteiger partial charge in [0.1, 0.15) is 0 Å². The predicted molar refractivity (Wildman–Crippen MR) is 67.5 cm³/mol. The molecule has 0 spiro atoms. The lowest BCUT2D eigenvalue weighted by atomic mass is 9.86. The molecule has 0 aliphatic heterocycles. The van der Waals surface area contributed by atoms with Crippen molar-refractivity contribution in [2.75, 3.05) is 5.32 Å². The molecule has 1 aliphatic rings. The third-order valence-corrected chi connectivity index (χ3v) is 3.47. The minimum absolute atomic E-state index is 0.583. The summed E-state index contributed by atoms with van der Waals surface area (Å²) in [6.45, 7) is 6.92. The number of hydrogen-bond donors (Lipinski definition) is 1. The van der Waals surface area contributed by atoms with Crippen molar-refractivity contribution in [1.29, 1.82) is 0 Å². The average molecular weight is 219 g/mol. The molecule has 1 aliphatic carbocycles. The van der Waals surface area contributed by atoms with Gasteiger partial charge in [0.25, 0.3) is 0 Å². The van der Waals surface area contributed by atoms with E-state index in [0.717, 1.165) is 18.4 Å². The van der Waals surface area contributed by atoms with Crippen LogP contribution in [-0.4, -0.2) is 15.6 Å². The molecule has 16 heavy (non-hydrogen) atoms. The topological polar surface area (TPSA) is 29.9 Å². The minimum Gasteiger partial charge on any atom is -0.353 e. The van der Waals surface area contributed by atoms with E-state index in [1.807, 2.05) is 18.5 Å². The van der Waals surface area contributed by atoms with Crippen molar-refractivity contribution in [1.82, 2.24) is 9.55 Å². The fourth-order valence-electron chi connectivity index (χ4n) is 2.43. The quantitative estimate of drug-likeness (QED) is 0.789. The van der Waals surface area contributed by atoms with E-state index < -0.39 is 0 Å². The molecule has 2 unspecified atom stereocenters. The molecular weight excluding hydrogens is 198 g/mol. The van der Waals surface area contributed by atoms with Gasteiger partial charge in [-0.15, -0.1) is 6.58 Å². The third kappa shape index (κ3) is 2.46. The molecule has 1 fully saturated rings. The van der Waals surface area contributed by atoms with Crippen LogP contribution >= 0.6 is 0 Å². The van der Waals surface area contributed by atoms with Gasteiger partial charge in [0.2, 0.25) is 5.95 Å². The van der Waals surface area contributed by atoms with Gasteiger partial charge in [-0.1, -0.05) is 25.8 Å². The van der Waals surface area contributed by atoms with Gasteiger partial charge in [-0.2, -0.15) is 0 Å². The zero-order valence-corrected chi connectivity index (χ0v) is 10.0. The van der Waals surface area contributed by atoms with Gasteiger partial charge in [0, 0.05) is 25.0 Å². The van der Waals surface area contributed by atoms with Crippen molar-refractivity contribution in [3.05, 3.63) is 25.0 Å². The second kappa shape index (κ2) is 5.19. The van der Waals surface area contributed by atoms with Crippen molar-refractivity contribution in [2.24, 2.45) is 5.92 Å². The van der Waals surface area contributed by atoms with E-state index in [1.54, 1.807) is 0 Å². The summed E-state index contributed by atoms with van der Waals surface area (Å²) < 4.78 is 2.11. The van der Waals surface area contributed by atoms with Crippen LogP contribution in [0.1, 0.15) is 32.6 Å². The summed E-state index contributed by atoms with van der Waals surface area (Å²) in [5.41, 5.74) is 0. The molecule has 0 amide bonds. The number of hydrogen-bond acceptors (Lipinski definition) is 2. The molecular formula is C13H21N3. The van der Waals surface area contributed by atoms with Gasteiger partial charge in [-0.3, -0.25) is 0 Å². The van der Waals surface area contributed by atoms with Crippen LogP contribution in [0.4, 0.5) is 5.95 Å². The molecule has 0 bridgehead atoms. The summed E-state index contributed by atoms with van der Waals surface area (Å²) in [6.07, 6.45) is 11.1. The van der Waals surface area contributed by atoms with Crippen LogP contribution in [0.2, 0.25) is 0 Å². The summed E-state index contributed by atoms with van der Waals surface area (Å²) in [4.78, 5) is 4.37. The Morgan fingerprint density at radius 3 is 3.12 bits per heavy atom. The SMILES string of the molecule is C=CCn1ccnc1NC1CCCCC1C. The smallest absolute Gasteiger partial charge is 0.203 e. The Hall–Kier alpha value is -1.25. The summed E-state index contributed by atoms with van der Waals surface area (Å²) in [7, 11) is 0. The van der Waals surface area contributed by atoms with Crippen LogP contribution in [0, 0.1) is 5.92 Å². The number of imidazole rings is 1. The largest absolute Gasteiger partial charge is 0.353 e. The van der Waals surface area contributed by atoms with Crippen LogP contribution < -0.4 is 5.32 Å². The van der Waals surface area contributed by atoms with Crippen molar-refractivity contribution in [3.8, 4) is 0 Å². The Labute approximate surface area is 97.6 Å². The van der Waals surface area contributed by atoms with E-state index in [-0.39, 0.29) is 0 Å². The summed E-state index contributed by atoms with van der Waals surface area (Å²) in [5.74, 6) is 1.74. The van der Waals surface area contributed by atoms with Crippen molar-refractivity contribution in [3.63, 3.8) is 0 Å². The van der Waals surface area contributed by atoms with Gasteiger partial charge in [-0.05, 0) is 18.8 Å². The van der Waals surface area contributed by atoms with Crippen molar-refractivity contribution in [2.45, 2.75) is 45.2 Å². The summed E-state index contributed by atoms with van der Waals surface area (Å²) >= 11 is 0. The highest BCUT2D eigenvalue weighted by molar-refractivity contribution is 5.28. The van der Waals surface area contributed by atoms with Gasteiger partial charge >= 0.3 is 0 Å². The predicted octanol–water partition coefficient (Wildman–Crippen LogP) is 3.06. The van der Waals surface area contributed by atoms with Crippen LogP contribution in [0.5, 0.6) is 0 Å². The molecule has 1 N–H and O–H groups in total. The fourth-order valence-corrected chi connectivity index (χ4v) is 2.43. The molecule has 3 nitrogen and oxygen atoms in total. The van der Waals surface area contributed by atoms with E-state index in [4.69, 9.17) is 0 Å². The van der Waals surface area contributed by atoms with Gasteiger partial charge in [-0.25, -0.2) is 4.98 Å². The summed E-state index contributed by atoms with van der Waals surface area (Å²) in [6, 6.07) is 0.583. The van der Waals surface area contributed by atoms with Crippen LogP contribution in [0.25, 0.3) is 0 Å². The number of rotatable bonds is 4. The Kier molecular flexibility index (Phi) is 3.65. The van der Waals surface area contributed by atoms with E-state index in [1.165, 1.54) is 25.7 Å². The normalized spacial score (nSPS) is 25.3. The van der Waals surface area contributed by atoms with E-state index in [2.05, 4.69) is 28.4 Å². The monoisotopic (exact) mass is 219 g/mol. The molecule has 1 aromatic rings. The number of aromatic nitrogens is 2. The van der Waals surface area contributed by atoms with Crippen molar-refractivity contribution >= 4 is 5.95 Å². The second-order valence-corrected chi connectivity index (χ2v) is 4.70. The highest BCUT2D eigenvalue weighted by Crippen LogP contribution is 2.26. The highest BCUT2D eigenvalue weighted by Gasteiger charge is 2.21. The van der Waals surface area contributed by atoms with Crippen molar-refractivity contribution < 1.29 is 0 Å². The summed E-state index contributed by atoms with van der Waals surface area (Å²) in [5, 5.41) is 3.57. The molecule has 0 radical (unpaired) electrons. The highest BCUT2D eigenvalue weighted by atomic mass is 15.2. The molecule has 1 saturated carbocycles.